The first kappa shape index (κ1) is 19.6. The van der Waals surface area contributed by atoms with Crippen molar-refractivity contribution in [2.75, 3.05) is 49.1 Å². The number of nitrogens with one attached hydrogen (secondary N) is 1. The van der Waals surface area contributed by atoms with Gasteiger partial charge in [0.05, 0.1) is 13.0 Å². The van der Waals surface area contributed by atoms with E-state index in [0.717, 1.165) is 37.8 Å². The van der Waals surface area contributed by atoms with Crippen molar-refractivity contribution in [3.63, 3.8) is 0 Å². The minimum absolute atomic E-state index is 0.174. The Bertz CT molecular complexity index is 774. The van der Waals surface area contributed by atoms with Gasteiger partial charge in [0, 0.05) is 56.4 Å². The lowest BCUT2D eigenvalue weighted by Crippen LogP contribution is -2.47. The first-order chi connectivity index (χ1) is 13.7. The van der Waals surface area contributed by atoms with Gasteiger partial charge in [0.1, 0.15) is 0 Å². The van der Waals surface area contributed by atoms with E-state index in [2.05, 4.69) is 25.1 Å². The SMILES string of the molecule is CCOC(=O)CCNC(=O)c1ccc(N2CCN(c3ncccn3)CC2)cc1. The molecule has 0 atom stereocenters. The van der Waals surface area contributed by atoms with Crippen LogP contribution in [0.5, 0.6) is 0 Å². The molecule has 1 aromatic heterocycles. The summed E-state index contributed by atoms with van der Waals surface area (Å²) in [6.45, 7) is 5.80. The van der Waals surface area contributed by atoms with Crippen molar-refractivity contribution in [1.29, 1.82) is 0 Å². The molecule has 0 unspecified atom stereocenters. The zero-order chi connectivity index (χ0) is 19.8. The lowest BCUT2D eigenvalue weighted by atomic mass is 10.1. The predicted octanol–water partition coefficient (Wildman–Crippen LogP) is 1.49. The van der Waals surface area contributed by atoms with E-state index in [-0.39, 0.29) is 24.8 Å². The third-order valence-corrected chi connectivity index (χ3v) is 4.53. The van der Waals surface area contributed by atoms with Gasteiger partial charge in [-0.1, -0.05) is 0 Å². The highest BCUT2D eigenvalue weighted by molar-refractivity contribution is 5.94. The number of nitrogens with zero attached hydrogens (tertiary/aromatic N) is 4. The zero-order valence-electron chi connectivity index (χ0n) is 16.0. The van der Waals surface area contributed by atoms with Crippen LogP contribution in [0.4, 0.5) is 11.6 Å². The Labute approximate surface area is 164 Å². The van der Waals surface area contributed by atoms with Gasteiger partial charge in [-0.15, -0.1) is 0 Å². The second-order valence-electron chi connectivity index (χ2n) is 6.38. The number of amides is 1. The van der Waals surface area contributed by atoms with Crippen LogP contribution in [-0.4, -0.2) is 61.2 Å². The van der Waals surface area contributed by atoms with Crippen molar-refractivity contribution in [3.05, 3.63) is 48.3 Å². The fourth-order valence-corrected chi connectivity index (χ4v) is 3.06. The van der Waals surface area contributed by atoms with E-state index >= 15 is 0 Å². The van der Waals surface area contributed by atoms with Crippen LogP contribution in [0.3, 0.4) is 0 Å². The Kier molecular flexibility index (Phi) is 6.78. The number of benzene rings is 1. The average Bonchev–Trinajstić information content (AvgIpc) is 2.75. The summed E-state index contributed by atoms with van der Waals surface area (Å²) in [6, 6.07) is 9.33. The van der Waals surface area contributed by atoms with Gasteiger partial charge in [-0.2, -0.15) is 0 Å². The summed E-state index contributed by atoms with van der Waals surface area (Å²) in [6.07, 6.45) is 3.68. The van der Waals surface area contributed by atoms with E-state index in [0.29, 0.717) is 12.2 Å². The minimum atomic E-state index is -0.307. The Morgan fingerprint density at radius 2 is 1.68 bits per heavy atom. The van der Waals surface area contributed by atoms with E-state index in [9.17, 15) is 9.59 Å². The number of hydrogen-bond donors (Lipinski definition) is 1. The quantitative estimate of drug-likeness (QED) is 0.725. The van der Waals surface area contributed by atoms with Crippen LogP contribution in [0.1, 0.15) is 23.7 Å². The van der Waals surface area contributed by atoms with Crippen LogP contribution in [0.2, 0.25) is 0 Å². The number of aromatic nitrogens is 2. The van der Waals surface area contributed by atoms with Crippen molar-refractivity contribution >= 4 is 23.5 Å². The van der Waals surface area contributed by atoms with Crippen molar-refractivity contribution in [3.8, 4) is 0 Å². The molecule has 2 heterocycles. The highest BCUT2D eigenvalue weighted by Crippen LogP contribution is 2.19. The molecule has 0 spiro atoms. The Hall–Kier alpha value is -3.16. The first-order valence-corrected chi connectivity index (χ1v) is 9.48. The molecular weight excluding hydrogens is 358 g/mol. The molecule has 28 heavy (non-hydrogen) atoms. The maximum Gasteiger partial charge on any atom is 0.307 e. The molecule has 1 fully saturated rings. The third-order valence-electron chi connectivity index (χ3n) is 4.53. The van der Waals surface area contributed by atoms with Crippen LogP contribution in [0, 0.1) is 0 Å². The van der Waals surface area contributed by atoms with Crippen LogP contribution in [-0.2, 0) is 9.53 Å². The highest BCUT2D eigenvalue weighted by atomic mass is 16.5. The molecule has 1 aliphatic heterocycles. The topological polar surface area (TPSA) is 87.7 Å². The summed E-state index contributed by atoms with van der Waals surface area (Å²) in [5.74, 6) is 0.261. The lowest BCUT2D eigenvalue weighted by Gasteiger charge is -2.36. The summed E-state index contributed by atoms with van der Waals surface area (Å²) in [5, 5.41) is 2.74. The molecule has 0 bridgehead atoms. The van der Waals surface area contributed by atoms with Crippen LogP contribution in [0.25, 0.3) is 0 Å². The van der Waals surface area contributed by atoms with Gasteiger partial charge in [-0.3, -0.25) is 9.59 Å². The standard InChI is InChI=1S/C20H25N5O3/c1-2-28-18(26)8-11-21-19(27)16-4-6-17(7-5-16)24-12-14-25(15-13-24)20-22-9-3-10-23-20/h3-7,9-10H,2,8,11-15H2,1H3,(H,21,27). The number of anilines is 2. The fourth-order valence-electron chi connectivity index (χ4n) is 3.06. The molecular formula is C20H25N5O3. The normalized spacial score (nSPS) is 13.9. The number of ether oxygens (including phenoxy) is 1. The predicted molar refractivity (Wildman–Crippen MR) is 106 cm³/mol. The number of carbonyl (C=O) groups excluding carboxylic acids is 2. The van der Waals surface area contributed by atoms with Gasteiger partial charge >= 0.3 is 5.97 Å². The summed E-state index contributed by atoms with van der Waals surface area (Å²) in [4.78, 5) is 36.5. The molecule has 1 aromatic carbocycles. The van der Waals surface area contributed by atoms with Crippen LogP contribution in [0.15, 0.2) is 42.7 Å². The highest BCUT2D eigenvalue weighted by Gasteiger charge is 2.19. The Balaban J connectivity index is 1.48. The second kappa shape index (κ2) is 9.68. The smallest absolute Gasteiger partial charge is 0.307 e. The average molecular weight is 383 g/mol. The molecule has 0 radical (unpaired) electrons. The maximum absolute atomic E-state index is 12.2. The lowest BCUT2D eigenvalue weighted by molar-refractivity contribution is -0.142. The molecule has 148 valence electrons. The molecule has 1 saturated heterocycles. The third kappa shape index (κ3) is 5.18. The number of carbonyl (C=O) groups is 2. The van der Waals surface area contributed by atoms with Gasteiger partial charge in [-0.05, 0) is 37.3 Å². The number of piperazine rings is 1. The van der Waals surface area contributed by atoms with Gasteiger partial charge in [-0.25, -0.2) is 9.97 Å². The van der Waals surface area contributed by atoms with Crippen molar-refractivity contribution in [2.45, 2.75) is 13.3 Å². The summed E-state index contributed by atoms with van der Waals surface area (Å²) < 4.78 is 4.84. The Morgan fingerprint density at radius 1 is 1.04 bits per heavy atom. The molecule has 8 heteroatoms. The molecule has 2 aromatic rings. The van der Waals surface area contributed by atoms with E-state index < -0.39 is 0 Å². The van der Waals surface area contributed by atoms with Gasteiger partial charge in [0.15, 0.2) is 0 Å². The molecule has 1 N–H and O–H groups in total. The fraction of sp³-hybridized carbons (Fsp3) is 0.400. The van der Waals surface area contributed by atoms with Crippen molar-refractivity contribution in [2.24, 2.45) is 0 Å². The molecule has 3 rings (SSSR count). The minimum Gasteiger partial charge on any atom is -0.466 e. The summed E-state index contributed by atoms with van der Waals surface area (Å²) in [7, 11) is 0. The molecule has 8 nitrogen and oxygen atoms in total. The Morgan fingerprint density at radius 3 is 2.32 bits per heavy atom. The second-order valence-corrected chi connectivity index (χ2v) is 6.38. The van der Waals surface area contributed by atoms with E-state index in [1.165, 1.54) is 0 Å². The number of rotatable bonds is 7. The molecule has 0 saturated carbocycles. The van der Waals surface area contributed by atoms with Gasteiger partial charge in [0.25, 0.3) is 5.91 Å². The van der Waals surface area contributed by atoms with Gasteiger partial charge in [0.2, 0.25) is 5.95 Å². The number of esters is 1. The van der Waals surface area contributed by atoms with Crippen LogP contribution < -0.4 is 15.1 Å². The molecule has 1 amide bonds. The summed E-state index contributed by atoms with van der Waals surface area (Å²) >= 11 is 0. The van der Waals surface area contributed by atoms with Gasteiger partial charge < -0.3 is 19.9 Å². The zero-order valence-corrected chi connectivity index (χ0v) is 16.0. The maximum atomic E-state index is 12.2. The van der Waals surface area contributed by atoms with E-state index in [1.807, 2.05) is 30.3 Å². The van der Waals surface area contributed by atoms with E-state index in [1.54, 1.807) is 19.3 Å². The largest absolute Gasteiger partial charge is 0.466 e. The molecule has 1 aliphatic rings. The summed E-state index contributed by atoms with van der Waals surface area (Å²) in [5.41, 5.74) is 1.65. The van der Waals surface area contributed by atoms with Crippen LogP contribution >= 0.6 is 0 Å². The van der Waals surface area contributed by atoms with E-state index in [4.69, 9.17) is 4.74 Å². The first-order valence-electron chi connectivity index (χ1n) is 9.48. The van der Waals surface area contributed by atoms with Crippen molar-refractivity contribution in [1.82, 2.24) is 15.3 Å². The van der Waals surface area contributed by atoms with Crippen molar-refractivity contribution < 1.29 is 14.3 Å². The monoisotopic (exact) mass is 383 g/mol. The molecule has 0 aliphatic carbocycles. The number of hydrogen-bond acceptors (Lipinski definition) is 7.